The number of benzene rings is 1. The van der Waals surface area contributed by atoms with Gasteiger partial charge in [0.1, 0.15) is 5.82 Å². The van der Waals surface area contributed by atoms with Crippen molar-refractivity contribution in [3.63, 3.8) is 0 Å². The first-order valence-corrected chi connectivity index (χ1v) is 8.74. The van der Waals surface area contributed by atoms with Crippen molar-refractivity contribution in [1.82, 2.24) is 19.3 Å². The second-order valence-corrected chi connectivity index (χ2v) is 7.30. The Morgan fingerprint density at radius 2 is 1.77 bits per heavy atom. The van der Waals surface area contributed by atoms with Gasteiger partial charge in [-0.2, -0.15) is 15.0 Å². The summed E-state index contributed by atoms with van der Waals surface area (Å²) in [4.78, 5) is 1.63. The van der Waals surface area contributed by atoms with Gasteiger partial charge in [0.25, 0.3) is 0 Å². The van der Waals surface area contributed by atoms with Crippen LogP contribution in [0.15, 0.2) is 36.7 Å². The molecule has 0 radical (unpaired) electrons. The maximum absolute atomic E-state index is 13.6. The molecular weight excluding hydrogens is 307 g/mol. The highest BCUT2D eigenvalue weighted by Crippen LogP contribution is 2.24. The van der Waals surface area contributed by atoms with E-state index in [4.69, 9.17) is 0 Å². The molecule has 1 saturated heterocycles. The molecule has 22 heavy (non-hydrogen) atoms. The molecule has 0 unspecified atom stereocenters. The summed E-state index contributed by atoms with van der Waals surface area (Å²) < 4.78 is 39.9. The first-order valence-electron chi connectivity index (χ1n) is 7.13. The third kappa shape index (κ3) is 3.17. The van der Waals surface area contributed by atoms with Crippen LogP contribution < -0.4 is 0 Å². The van der Waals surface area contributed by atoms with Crippen LogP contribution in [0.3, 0.4) is 0 Å². The van der Waals surface area contributed by atoms with E-state index in [9.17, 15) is 12.8 Å². The summed E-state index contributed by atoms with van der Waals surface area (Å²) in [5, 5.41) is 8.19. The number of piperidine rings is 1. The molecule has 1 aromatic heterocycles. The van der Waals surface area contributed by atoms with Crippen molar-refractivity contribution in [2.75, 3.05) is 13.1 Å². The zero-order chi connectivity index (χ0) is 15.6. The van der Waals surface area contributed by atoms with Gasteiger partial charge in [-0.1, -0.05) is 18.2 Å². The third-order valence-corrected chi connectivity index (χ3v) is 5.70. The minimum atomic E-state index is -3.51. The molecule has 2 heterocycles. The summed E-state index contributed by atoms with van der Waals surface area (Å²) in [7, 11) is -3.51. The van der Waals surface area contributed by atoms with Crippen LogP contribution in [-0.4, -0.2) is 40.8 Å². The van der Waals surface area contributed by atoms with E-state index in [1.807, 2.05) is 0 Å². The van der Waals surface area contributed by atoms with Gasteiger partial charge in [0, 0.05) is 18.7 Å². The predicted molar refractivity (Wildman–Crippen MR) is 78.9 cm³/mol. The number of hydrogen-bond acceptors (Lipinski definition) is 4. The fourth-order valence-corrected chi connectivity index (χ4v) is 4.25. The van der Waals surface area contributed by atoms with Crippen molar-refractivity contribution in [3.05, 3.63) is 48.0 Å². The van der Waals surface area contributed by atoms with E-state index in [1.54, 1.807) is 29.3 Å². The van der Waals surface area contributed by atoms with Crippen LogP contribution in [0.1, 0.15) is 24.4 Å². The largest absolute Gasteiger partial charge is 0.218 e. The van der Waals surface area contributed by atoms with E-state index in [1.165, 1.54) is 16.4 Å². The van der Waals surface area contributed by atoms with Gasteiger partial charge < -0.3 is 0 Å². The van der Waals surface area contributed by atoms with Gasteiger partial charge in [0.05, 0.1) is 24.2 Å². The zero-order valence-corrected chi connectivity index (χ0v) is 12.8. The molecule has 8 heteroatoms. The highest BCUT2D eigenvalue weighted by Gasteiger charge is 2.29. The van der Waals surface area contributed by atoms with Gasteiger partial charge in [0.2, 0.25) is 10.0 Å². The lowest BCUT2D eigenvalue weighted by Gasteiger charge is -2.30. The van der Waals surface area contributed by atoms with E-state index in [-0.39, 0.29) is 17.4 Å². The maximum atomic E-state index is 13.6. The molecule has 118 valence electrons. The number of sulfonamides is 1. The van der Waals surface area contributed by atoms with Crippen LogP contribution in [0.5, 0.6) is 0 Å². The minimum Gasteiger partial charge on any atom is -0.212 e. The smallest absolute Gasteiger partial charge is 0.212 e. The van der Waals surface area contributed by atoms with Crippen LogP contribution in [0.25, 0.3) is 0 Å². The second-order valence-electron chi connectivity index (χ2n) is 5.33. The van der Waals surface area contributed by atoms with Crippen LogP contribution in [-0.2, 0) is 15.8 Å². The van der Waals surface area contributed by atoms with E-state index in [0.717, 1.165) is 0 Å². The van der Waals surface area contributed by atoms with E-state index >= 15 is 0 Å². The lowest BCUT2D eigenvalue weighted by atomic mass is 10.1. The summed E-state index contributed by atoms with van der Waals surface area (Å²) in [6, 6.07) is 6.10. The molecule has 1 aliphatic rings. The highest BCUT2D eigenvalue weighted by molar-refractivity contribution is 7.88. The van der Waals surface area contributed by atoms with Crippen molar-refractivity contribution in [2.24, 2.45) is 0 Å². The molecule has 1 aliphatic heterocycles. The standard InChI is InChI=1S/C14H17FN4O2S/c15-14-4-2-1-3-12(14)11-22(20,21)18-9-5-13(6-10-18)19-16-7-8-17-19/h1-4,7-8,13H,5-6,9-11H2. The third-order valence-electron chi connectivity index (χ3n) is 3.88. The lowest BCUT2D eigenvalue weighted by Crippen LogP contribution is -2.40. The number of rotatable bonds is 4. The number of nitrogens with zero attached hydrogens (tertiary/aromatic N) is 4. The average Bonchev–Trinajstić information content (AvgIpc) is 3.04. The molecule has 1 fully saturated rings. The molecule has 0 N–H and O–H groups in total. The van der Waals surface area contributed by atoms with Crippen molar-refractivity contribution in [1.29, 1.82) is 0 Å². The van der Waals surface area contributed by atoms with Gasteiger partial charge in [-0.25, -0.2) is 17.1 Å². The topological polar surface area (TPSA) is 68.1 Å². The maximum Gasteiger partial charge on any atom is 0.218 e. The molecule has 2 aromatic rings. The van der Waals surface area contributed by atoms with Gasteiger partial charge in [0.15, 0.2) is 0 Å². The Bertz CT molecular complexity index is 725. The van der Waals surface area contributed by atoms with Crippen molar-refractivity contribution < 1.29 is 12.8 Å². The molecule has 0 atom stereocenters. The highest BCUT2D eigenvalue weighted by atomic mass is 32.2. The number of hydrogen-bond donors (Lipinski definition) is 0. The van der Waals surface area contributed by atoms with Crippen molar-refractivity contribution >= 4 is 10.0 Å². The SMILES string of the molecule is O=S(=O)(Cc1ccccc1F)N1CCC(n2nccn2)CC1. The van der Waals surface area contributed by atoms with Crippen LogP contribution >= 0.6 is 0 Å². The number of aromatic nitrogens is 3. The van der Waals surface area contributed by atoms with E-state index in [2.05, 4.69) is 10.2 Å². The summed E-state index contributed by atoms with van der Waals surface area (Å²) in [5.74, 6) is -0.786. The Kier molecular flexibility index (Phi) is 4.21. The van der Waals surface area contributed by atoms with Gasteiger partial charge >= 0.3 is 0 Å². The molecule has 6 nitrogen and oxygen atoms in total. The average molecular weight is 324 g/mol. The lowest BCUT2D eigenvalue weighted by molar-refractivity contribution is 0.244. The Morgan fingerprint density at radius 3 is 2.41 bits per heavy atom. The second kappa shape index (κ2) is 6.13. The van der Waals surface area contributed by atoms with Gasteiger partial charge in [-0.15, -0.1) is 0 Å². The van der Waals surface area contributed by atoms with Crippen molar-refractivity contribution in [2.45, 2.75) is 24.6 Å². The normalized spacial score (nSPS) is 17.7. The summed E-state index contributed by atoms with van der Waals surface area (Å²) >= 11 is 0. The molecule has 1 aromatic carbocycles. The number of halogens is 1. The van der Waals surface area contributed by atoms with Crippen LogP contribution in [0, 0.1) is 5.82 Å². The van der Waals surface area contributed by atoms with E-state index in [0.29, 0.717) is 25.9 Å². The van der Waals surface area contributed by atoms with Crippen LogP contribution in [0.4, 0.5) is 4.39 Å². The summed E-state index contributed by atoms with van der Waals surface area (Å²) in [5.41, 5.74) is 0.207. The molecule has 0 bridgehead atoms. The molecule has 3 rings (SSSR count). The first kappa shape index (κ1) is 15.1. The molecular formula is C14H17FN4O2S. The fourth-order valence-electron chi connectivity index (χ4n) is 2.67. The van der Waals surface area contributed by atoms with Crippen molar-refractivity contribution in [3.8, 4) is 0 Å². The molecule has 0 aliphatic carbocycles. The molecule has 0 amide bonds. The Morgan fingerprint density at radius 1 is 1.14 bits per heavy atom. The predicted octanol–water partition coefficient (Wildman–Crippen LogP) is 1.58. The fraction of sp³-hybridized carbons (Fsp3) is 0.429. The summed E-state index contributed by atoms with van der Waals surface area (Å²) in [6.07, 6.45) is 4.54. The summed E-state index contributed by atoms with van der Waals surface area (Å²) in [6.45, 7) is 0.811. The zero-order valence-electron chi connectivity index (χ0n) is 12.0. The van der Waals surface area contributed by atoms with E-state index < -0.39 is 15.8 Å². The Balaban J connectivity index is 1.66. The Labute approximate surface area is 128 Å². The monoisotopic (exact) mass is 324 g/mol. The first-order chi connectivity index (χ1) is 10.6. The Hall–Kier alpha value is -1.80. The molecule has 0 spiro atoms. The quantitative estimate of drug-likeness (QED) is 0.856. The minimum absolute atomic E-state index is 0.120. The molecule has 0 saturated carbocycles. The van der Waals surface area contributed by atoms with Crippen LogP contribution in [0.2, 0.25) is 0 Å². The van der Waals surface area contributed by atoms with Gasteiger partial charge in [-0.3, -0.25) is 0 Å². The van der Waals surface area contributed by atoms with Gasteiger partial charge in [-0.05, 0) is 18.9 Å².